The van der Waals surface area contributed by atoms with E-state index in [1.54, 1.807) is 19.1 Å². The third-order valence-corrected chi connectivity index (χ3v) is 2.82. The van der Waals surface area contributed by atoms with Crippen LogP contribution < -0.4 is 10.1 Å². The fraction of sp³-hybridized carbons (Fsp3) is 0.562. The van der Waals surface area contributed by atoms with Gasteiger partial charge >= 0.3 is 5.97 Å². The summed E-state index contributed by atoms with van der Waals surface area (Å²) in [6, 6.07) is 7.63. The quantitative estimate of drug-likeness (QED) is 0.681. The van der Waals surface area contributed by atoms with Gasteiger partial charge < -0.3 is 19.9 Å². The SMILES string of the molecule is CCC(=O)OCc1ccc(OCC(O)CNC(C)C)cc1. The van der Waals surface area contributed by atoms with Crippen LogP contribution in [0.5, 0.6) is 5.75 Å². The lowest BCUT2D eigenvalue weighted by atomic mass is 10.2. The summed E-state index contributed by atoms with van der Waals surface area (Å²) in [6.45, 7) is 6.83. The van der Waals surface area contributed by atoms with E-state index in [1.807, 2.05) is 26.0 Å². The summed E-state index contributed by atoms with van der Waals surface area (Å²) in [5.74, 6) is 0.472. The van der Waals surface area contributed by atoms with Gasteiger partial charge in [-0.25, -0.2) is 0 Å². The molecule has 0 heterocycles. The number of carbonyl (C=O) groups is 1. The largest absolute Gasteiger partial charge is 0.491 e. The van der Waals surface area contributed by atoms with Crippen LogP contribution in [0.1, 0.15) is 32.8 Å². The van der Waals surface area contributed by atoms with Gasteiger partial charge in [0, 0.05) is 19.0 Å². The van der Waals surface area contributed by atoms with E-state index in [-0.39, 0.29) is 19.2 Å². The van der Waals surface area contributed by atoms with Gasteiger partial charge in [0.1, 0.15) is 25.1 Å². The molecule has 1 aromatic carbocycles. The molecule has 1 atom stereocenters. The van der Waals surface area contributed by atoms with E-state index in [2.05, 4.69) is 5.32 Å². The predicted octanol–water partition coefficient (Wildman–Crippen LogP) is 1.88. The van der Waals surface area contributed by atoms with Crippen LogP contribution in [0.15, 0.2) is 24.3 Å². The summed E-state index contributed by atoms with van der Waals surface area (Å²) in [5, 5.41) is 12.9. The van der Waals surface area contributed by atoms with E-state index in [1.165, 1.54) is 0 Å². The highest BCUT2D eigenvalue weighted by Gasteiger charge is 2.06. The lowest BCUT2D eigenvalue weighted by Gasteiger charge is -2.15. The molecule has 0 spiro atoms. The van der Waals surface area contributed by atoms with Crippen molar-refractivity contribution in [2.75, 3.05) is 13.2 Å². The number of ether oxygens (including phenoxy) is 2. The molecule has 0 aliphatic heterocycles. The van der Waals surface area contributed by atoms with Crippen molar-refractivity contribution in [2.45, 2.75) is 45.9 Å². The molecule has 0 aliphatic carbocycles. The first-order valence-electron chi connectivity index (χ1n) is 7.30. The lowest BCUT2D eigenvalue weighted by Crippen LogP contribution is -2.35. The first kappa shape index (κ1) is 17.5. The van der Waals surface area contributed by atoms with Gasteiger partial charge in [0.25, 0.3) is 0 Å². The lowest BCUT2D eigenvalue weighted by molar-refractivity contribution is -0.144. The van der Waals surface area contributed by atoms with Gasteiger partial charge in [-0.15, -0.1) is 0 Å². The average Bonchev–Trinajstić information content (AvgIpc) is 2.49. The van der Waals surface area contributed by atoms with Crippen LogP contribution >= 0.6 is 0 Å². The molecule has 5 heteroatoms. The molecule has 0 saturated heterocycles. The van der Waals surface area contributed by atoms with E-state index in [0.29, 0.717) is 24.8 Å². The maximum absolute atomic E-state index is 11.1. The van der Waals surface area contributed by atoms with E-state index >= 15 is 0 Å². The minimum absolute atomic E-state index is 0.212. The van der Waals surface area contributed by atoms with Gasteiger partial charge in [0.05, 0.1) is 0 Å². The Morgan fingerprint density at radius 3 is 2.52 bits per heavy atom. The number of nitrogens with one attached hydrogen (secondary N) is 1. The van der Waals surface area contributed by atoms with E-state index in [4.69, 9.17) is 9.47 Å². The van der Waals surface area contributed by atoms with Crippen molar-refractivity contribution < 1.29 is 19.4 Å². The number of aliphatic hydroxyl groups excluding tert-OH is 1. The van der Waals surface area contributed by atoms with Gasteiger partial charge in [0.2, 0.25) is 0 Å². The van der Waals surface area contributed by atoms with E-state index in [9.17, 15) is 9.90 Å². The number of carbonyl (C=O) groups excluding carboxylic acids is 1. The zero-order valence-electron chi connectivity index (χ0n) is 13.0. The molecule has 0 amide bonds. The number of hydrogen-bond donors (Lipinski definition) is 2. The Balaban J connectivity index is 2.32. The number of rotatable bonds is 9. The molecule has 1 aromatic rings. The molecule has 1 unspecified atom stereocenters. The van der Waals surface area contributed by atoms with E-state index < -0.39 is 6.10 Å². The average molecular weight is 295 g/mol. The van der Waals surface area contributed by atoms with Crippen molar-refractivity contribution in [3.05, 3.63) is 29.8 Å². The minimum Gasteiger partial charge on any atom is -0.491 e. The third-order valence-electron chi connectivity index (χ3n) is 2.82. The molecule has 0 radical (unpaired) electrons. The monoisotopic (exact) mass is 295 g/mol. The Kier molecular flexibility index (Phi) is 7.79. The number of esters is 1. The third kappa shape index (κ3) is 7.68. The molecule has 0 bridgehead atoms. The van der Waals surface area contributed by atoms with E-state index in [0.717, 1.165) is 5.56 Å². The van der Waals surface area contributed by atoms with Crippen molar-refractivity contribution in [3.8, 4) is 5.75 Å². The molecule has 21 heavy (non-hydrogen) atoms. The Morgan fingerprint density at radius 2 is 1.95 bits per heavy atom. The second-order valence-corrected chi connectivity index (χ2v) is 5.19. The molecular weight excluding hydrogens is 270 g/mol. The summed E-state index contributed by atoms with van der Waals surface area (Å²) >= 11 is 0. The normalized spacial score (nSPS) is 12.2. The van der Waals surface area contributed by atoms with Gasteiger partial charge in [0.15, 0.2) is 0 Å². The minimum atomic E-state index is -0.544. The molecular formula is C16H25NO4. The molecule has 0 aromatic heterocycles. The van der Waals surface area contributed by atoms with Crippen molar-refractivity contribution >= 4 is 5.97 Å². The van der Waals surface area contributed by atoms with Crippen LogP contribution in [0.2, 0.25) is 0 Å². The number of benzene rings is 1. The molecule has 5 nitrogen and oxygen atoms in total. The van der Waals surface area contributed by atoms with Crippen LogP contribution in [0, 0.1) is 0 Å². The molecule has 0 saturated carbocycles. The molecule has 0 aliphatic rings. The summed E-state index contributed by atoms with van der Waals surface area (Å²) in [7, 11) is 0. The maximum atomic E-state index is 11.1. The zero-order valence-corrected chi connectivity index (χ0v) is 13.0. The first-order valence-corrected chi connectivity index (χ1v) is 7.30. The molecule has 0 fully saturated rings. The predicted molar refractivity (Wildman–Crippen MR) is 81.2 cm³/mol. The van der Waals surface area contributed by atoms with Crippen LogP contribution in [-0.4, -0.2) is 36.4 Å². The Bertz CT molecular complexity index is 417. The van der Waals surface area contributed by atoms with Crippen molar-refractivity contribution in [3.63, 3.8) is 0 Å². The van der Waals surface area contributed by atoms with Crippen molar-refractivity contribution in [1.29, 1.82) is 0 Å². The van der Waals surface area contributed by atoms with Gasteiger partial charge in [-0.2, -0.15) is 0 Å². The van der Waals surface area contributed by atoms with Crippen LogP contribution in [0.25, 0.3) is 0 Å². The highest BCUT2D eigenvalue weighted by molar-refractivity contribution is 5.68. The summed E-state index contributed by atoms with van der Waals surface area (Å²) in [4.78, 5) is 11.1. The zero-order chi connectivity index (χ0) is 15.7. The second-order valence-electron chi connectivity index (χ2n) is 5.19. The Morgan fingerprint density at radius 1 is 1.29 bits per heavy atom. The number of aliphatic hydroxyl groups is 1. The standard InChI is InChI=1S/C16H25NO4/c1-4-16(19)21-10-13-5-7-15(8-6-13)20-11-14(18)9-17-12(2)3/h5-8,12,14,17-18H,4,9-11H2,1-3H3. The fourth-order valence-corrected chi connectivity index (χ4v) is 1.57. The fourth-order valence-electron chi connectivity index (χ4n) is 1.57. The smallest absolute Gasteiger partial charge is 0.305 e. The van der Waals surface area contributed by atoms with Gasteiger partial charge in [-0.3, -0.25) is 4.79 Å². The molecule has 118 valence electrons. The first-order chi connectivity index (χ1) is 10.0. The van der Waals surface area contributed by atoms with Gasteiger partial charge in [-0.1, -0.05) is 32.9 Å². The molecule has 1 rings (SSSR count). The van der Waals surface area contributed by atoms with Crippen LogP contribution in [-0.2, 0) is 16.1 Å². The topological polar surface area (TPSA) is 67.8 Å². The summed E-state index contributed by atoms with van der Waals surface area (Å²) in [5.41, 5.74) is 0.908. The van der Waals surface area contributed by atoms with Crippen LogP contribution in [0.3, 0.4) is 0 Å². The maximum Gasteiger partial charge on any atom is 0.305 e. The van der Waals surface area contributed by atoms with Gasteiger partial charge in [-0.05, 0) is 17.7 Å². The Hall–Kier alpha value is -1.59. The second kappa shape index (κ2) is 9.37. The summed E-state index contributed by atoms with van der Waals surface area (Å²) < 4.78 is 10.5. The molecule has 2 N–H and O–H groups in total. The van der Waals surface area contributed by atoms with Crippen molar-refractivity contribution in [2.24, 2.45) is 0 Å². The van der Waals surface area contributed by atoms with Crippen molar-refractivity contribution in [1.82, 2.24) is 5.32 Å². The van der Waals surface area contributed by atoms with Crippen LogP contribution in [0.4, 0.5) is 0 Å². The highest BCUT2D eigenvalue weighted by atomic mass is 16.5. The number of hydrogen-bond acceptors (Lipinski definition) is 5. The Labute approximate surface area is 126 Å². The summed E-state index contributed by atoms with van der Waals surface area (Å²) in [6.07, 6.45) is -0.165. The highest BCUT2D eigenvalue weighted by Crippen LogP contribution is 2.13.